The Morgan fingerprint density at radius 3 is 2.08 bits per heavy atom. The van der Waals surface area contributed by atoms with Gasteiger partial charge >= 0.3 is 0 Å². The van der Waals surface area contributed by atoms with Gasteiger partial charge in [0.1, 0.15) is 0 Å². The molecule has 0 aliphatic rings. The van der Waals surface area contributed by atoms with Gasteiger partial charge in [0.25, 0.3) is 0 Å². The largest absolute Gasteiger partial charge is 0.227 e. The van der Waals surface area contributed by atoms with Crippen LogP contribution < -0.4 is 0 Å². The zero-order valence-corrected chi connectivity index (χ0v) is 9.22. The summed E-state index contributed by atoms with van der Waals surface area (Å²) < 4.78 is 0. The van der Waals surface area contributed by atoms with Crippen molar-refractivity contribution in [3.8, 4) is 0 Å². The molecule has 0 N–H and O–H groups in total. The van der Waals surface area contributed by atoms with E-state index in [4.69, 9.17) is 23.2 Å². The molecule has 1 aromatic rings. The van der Waals surface area contributed by atoms with Crippen molar-refractivity contribution in [1.29, 1.82) is 0 Å². The zero-order valence-electron chi connectivity index (χ0n) is 7.71. The summed E-state index contributed by atoms with van der Waals surface area (Å²) in [5.41, 5.74) is 0. The number of nitrogens with zero attached hydrogens (tertiary/aromatic N) is 2. The van der Waals surface area contributed by atoms with E-state index in [0.717, 1.165) is 5.88 Å². The molecule has 0 unspecified atom stereocenters. The Balaban J connectivity index is 0.000000226. The van der Waals surface area contributed by atoms with Crippen molar-refractivity contribution in [3.05, 3.63) is 23.7 Å². The molecule has 0 atom stereocenters. The minimum Gasteiger partial charge on any atom is -0.227 e. The molecule has 1 aromatic heterocycles. The van der Waals surface area contributed by atoms with E-state index in [1.165, 1.54) is 19.3 Å². The van der Waals surface area contributed by atoms with E-state index < -0.39 is 0 Å². The summed E-state index contributed by atoms with van der Waals surface area (Å²) in [6.45, 7) is 2.17. The second-order valence-electron chi connectivity index (χ2n) is 2.41. The van der Waals surface area contributed by atoms with Crippen LogP contribution >= 0.6 is 23.2 Å². The third-order valence-corrected chi connectivity index (χ3v) is 1.73. The molecule has 0 amide bonds. The Morgan fingerprint density at radius 1 is 1.23 bits per heavy atom. The first-order valence-corrected chi connectivity index (χ1v) is 5.21. The van der Waals surface area contributed by atoms with Crippen molar-refractivity contribution in [3.63, 3.8) is 0 Å². The van der Waals surface area contributed by atoms with E-state index in [9.17, 15) is 0 Å². The standard InChI is InChI=1S/C5H11Cl.C4H3ClN2/c1-2-3-4-5-6;5-4-6-2-1-3-7-4/h2-5H2,1H3;1-3H. The molecule has 13 heavy (non-hydrogen) atoms. The maximum atomic E-state index is 5.38. The first-order valence-electron chi connectivity index (χ1n) is 4.29. The molecular formula is C9H14Cl2N2. The molecule has 0 aliphatic heterocycles. The van der Waals surface area contributed by atoms with Gasteiger partial charge in [-0.05, 0) is 24.1 Å². The topological polar surface area (TPSA) is 25.8 Å². The van der Waals surface area contributed by atoms with Crippen LogP contribution in [-0.4, -0.2) is 15.8 Å². The van der Waals surface area contributed by atoms with Crippen LogP contribution in [0.2, 0.25) is 5.28 Å². The smallest absolute Gasteiger partial charge is 0.222 e. The minimum atomic E-state index is 0.294. The first kappa shape index (κ1) is 12.7. The number of alkyl halides is 1. The van der Waals surface area contributed by atoms with Gasteiger partial charge in [0.05, 0.1) is 0 Å². The molecular weight excluding hydrogens is 207 g/mol. The lowest BCUT2D eigenvalue weighted by Gasteiger charge is -1.84. The second-order valence-corrected chi connectivity index (χ2v) is 3.13. The first-order chi connectivity index (χ1) is 6.31. The van der Waals surface area contributed by atoms with E-state index >= 15 is 0 Å². The van der Waals surface area contributed by atoms with Gasteiger partial charge in [-0.3, -0.25) is 0 Å². The Morgan fingerprint density at radius 2 is 1.85 bits per heavy atom. The minimum absolute atomic E-state index is 0.294. The van der Waals surface area contributed by atoms with Crippen LogP contribution in [0.3, 0.4) is 0 Å². The van der Waals surface area contributed by atoms with Gasteiger partial charge < -0.3 is 0 Å². The molecule has 0 bridgehead atoms. The molecule has 2 nitrogen and oxygen atoms in total. The number of halogens is 2. The third kappa shape index (κ3) is 9.57. The monoisotopic (exact) mass is 220 g/mol. The van der Waals surface area contributed by atoms with E-state index in [1.54, 1.807) is 18.5 Å². The van der Waals surface area contributed by atoms with Gasteiger partial charge in [0, 0.05) is 18.3 Å². The fraction of sp³-hybridized carbons (Fsp3) is 0.556. The van der Waals surface area contributed by atoms with Crippen molar-refractivity contribution in [2.75, 3.05) is 5.88 Å². The number of rotatable bonds is 3. The predicted octanol–water partition coefficient (Wildman–Crippen LogP) is 3.55. The van der Waals surface area contributed by atoms with Crippen LogP contribution in [0.15, 0.2) is 18.5 Å². The van der Waals surface area contributed by atoms with Crippen LogP contribution in [0.5, 0.6) is 0 Å². The van der Waals surface area contributed by atoms with E-state index in [-0.39, 0.29) is 0 Å². The number of unbranched alkanes of at least 4 members (excludes halogenated alkanes) is 2. The van der Waals surface area contributed by atoms with Crippen LogP contribution in [0, 0.1) is 0 Å². The molecule has 0 aliphatic carbocycles. The van der Waals surface area contributed by atoms with Crippen LogP contribution in [0.1, 0.15) is 26.2 Å². The summed E-state index contributed by atoms with van der Waals surface area (Å²) in [6.07, 6.45) is 6.92. The van der Waals surface area contributed by atoms with Crippen LogP contribution in [0.4, 0.5) is 0 Å². The highest BCUT2D eigenvalue weighted by Gasteiger charge is 1.78. The number of hydrogen-bond acceptors (Lipinski definition) is 2. The summed E-state index contributed by atoms with van der Waals surface area (Å²) in [5, 5.41) is 0.294. The Bertz CT molecular complexity index is 188. The fourth-order valence-corrected chi connectivity index (χ4v) is 0.927. The maximum absolute atomic E-state index is 5.38. The van der Waals surface area contributed by atoms with Crippen LogP contribution in [0.25, 0.3) is 0 Å². The summed E-state index contributed by atoms with van der Waals surface area (Å²) >= 11 is 10.7. The molecule has 0 saturated heterocycles. The molecule has 0 aromatic carbocycles. The summed E-state index contributed by atoms with van der Waals surface area (Å²) in [5.74, 6) is 0.827. The highest BCUT2D eigenvalue weighted by atomic mass is 35.5. The van der Waals surface area contributed by atoms with E-state index in [1.807, 2.05) is 0 Å². The maximum Gasteiger partial charge on any atom is 0.222 e. The normalized spacial score (nSPS) is 8.85. The van der Waals surface area contributed by atoms with Crippen molar-refractivity contribution in [2.24, 2.45) is 0 Å². The highest BCUT2D eigenvalue weighted by Crippen LogP contribution is 1.93. The van der Waals surface area contributed by atoms with Crippen molar-refractivity contribution in [1.82, 2.24) is 9.97 Å². The average molecular weight is 221 g/mol. The van der Waals surface area contributed by atoms with Gasteiger partial charge in [0.15, 0.2) is 0 Å². The summed E-state index contributed by atoms with van der Waals surface area (Å²) in [4.78, 5) is 7.27. The molecule has 1 heterocycles. The fourth-order valence-electron chi connectivity index (χ4n) is 0.625. The van der Waals surface area contributed by atoms with E-state index in [2.05, 4.69) is 16.9 Å². The van der Waals surface area contributed by atoms with Crippen molar-refractivity contribution >= 4 is 23.2 Å². The van der Waals surface area contributed by atoms with Crippen molar-refractivity contribution < 1.29 is 0 Å². The van der Waals surface area contributed by atoms with Gasteiger partial charge in [-0.25, -0.2) is 9.97 Å². The highest BCUT2D eigenvalue weighted by molar-refractivity contribution is 6.28. The zero-order chi connectivity index (χ0) is 9.94. The Kier molecular flexibility index (Phi) is 9.49. The lowest BCUT2D eigenvalue weighted by Crippen LogP contribution is -1.73. The molecule has 0 radical (unpaired) electrons. The third-order valence-electron chi connectivity index (χ3n) is 1.27. The lowest BCUT2D eigenvalue weighted by atomic mass is 10.3. The SMILES string of the molecule is CCCCCCl.Clc1ncccn1. The van der Waals surface area contributed by atoms with Crippen LogP contribution in [-0.2, 0) is 0 Å². The van der Waals surface area contributed by atoms with Gasteiger partial charge in [-0.2, -0.15) is 0 Å². The average Bonchev–Trinajstić information content (AvgIpc) is 2.17. The second kappa shape index (κ2) is 9.75. The molecule has 4 heteroatoms. The van der Waals surface area contributed by atoms with Gasteiger partial charge in [0.2, 0.25) is 5.28 Å². The van der Waals surface area contributed by atoms with Gasteiger partial charge in [-0.15, -0.1) is 11.6 Å². The molecule has 0 fully saturated rings. The van der Waals surface area contributed by atoms with Crippen molar-refractivity contribution in [2.45, 2.75) is 26.2 Å². The summed E-state index contributed by atoms with van der Waals surface area (Å²) in [7, 11) is 0. The Labute approximate surface area is 89.3 Å². The lowest BCUT2D eigenvalue weighted by molar-refractivity contribution is 0.776. The van der Waals surface area contributed by atoms with E-state index in [0.29, 0.717) is 5.28 Å². The summed E-state index contributed by atoms with van der Waals surface area (Å²) in [6, 6.07) is 1.71. The predicted molar refractivity (Wildman–Crippen MR) is 57.3 cm³/mol. The molecule has 74 valence electrons. The quantitative estimate of drug-likeness (QED) is 0.443. The molecule has 1 rings (SSSR count). The number of aromatic nitrogens is 2. The molecule has 0 spiro atoms. The Hall–Kier alpha value is -0.340. The molecule has 0 saturated carbocycles. The number of hydrogen-bond donors (Lipinski definition) is 0. The van der Waals surface area contributed by atoms with Gasteiger partial charge in [-0.1, -0.05) is 19.8 Å².